The Morgan fingerprint density at radius 1 is 1.47 bits per heavy atom. The summed E-state index contributed by atoms with van der Waals surface area (Å²) >= 11 is 3.22. The van der Waals surface area contributed by atoms with Crippen LogP contribution in [-0.2, 0) is 16.4 Å². The highest BCUT2D eigenvalue weighted by Gasteiger charge is 2.30. The van der Waals surface area contributed by atoms with Crippen LogP contribution >= 0.6 is 23.1 Å². The van der Waals surface area contributed by atoms with Gasteiger partial charge in [0.15, 0.2) is 0 Å². The normalized spacial score (nSPS) is 21.7. The summed E-state index contributed by atoms with van der Waals surface area (Å²) in [7, 11) is -3.30. The Kier molecular flexibility index (Phi) is 5.30. The molecule has 0 aliphatic carbocycles. The average molecular weight is 321 g/mol. The molecule has 1 aromatic rings. The van der Waals surface area contributed by atoms with Crippen molar-refractivity contribution in [2.24, 2.45) is 5.73 Å². The largest absolute Gasteiger partial charge is 0.330 e. The molecule has 0 saturated carbocycles. The molecule has 1 unspecified atom stereocenters. The number of nitrogens with two attached hydrogens (primary N) is 1. The van der Waals surface area contributed by atoms with Crippen LogP contribution in [0.15, 0.2) is 16.3 Å². The molecule has 0 amide bonds. The highest BCUT2D eigenvalue weighted by molar-refractivity contribution is 8.00. The Hall–Kier alpha value is -0.0800. The van der Waals surface area contributed by atoms with E-state index >= 15 is 0 Å². The highest BCUT2D eigenvalue weighted by Crippen LogP contribution is 2.29. The molecule has 2 rings (SSSR count). The highest BCUT2D eigenvalue weighted by atomic mass is 32.2. The van der Waals surface area contributed by atoms with E-state index in [1.54, 1.807) is 10.4 Å². The molecule has 0 aromatic carbocycles. The number of nitrogens with zero attached hydrogens (tertiary/aromatic N) is 1. The number of thioether (sulfide) groups is 1. The van der Waals surface area contributed by atoms with Gasteiger partial charge in [0.25, 0.3) is 10.0 Å². The minimum absolute atomic E-state index is 0.423. The molecule has 1 aromatic heterocycles. The van der Waals surface area contributed by atoms with E-state index in [0.717, 1.165) is 23.5 Å². The first-order valence-corrected chi connectivity index (χ1v) is 9.79. The van der Waals surface area contributed by atoms with Crippen molar-refractivity contribution in [1.29, 1.82) is 0 Å². The van der Waals surface area contributed by atoms with Gasteiger partial charge in [-0.25, -0.2) is 8.42 Å². The molecule has 4 nitrogen and oxygen atoms in total. The molecule has 0 spiro atoms. The van der Waals surface area contributed by atoms with Crippen LogP contribution in [-0.4, -0.2) is 43.4 Å². The Morgan fingerprint density at radius 2 is 2.26 bits per heavy atom. The predicted molar refractivity (Wildman–Crippen MR) is 82.4 cm³/mol. The smallest absolute Gasteiger partial charge is 0.252 e. The van der Waals surface area contributed by atoms with Crippen LogP contribution in [0.5, 0.6) is 0 Å². The lowest BCUT2D eigenvalue weighted by Crippen LogP contribution is -2.41. The summed E-state index contributed by atoms with van der Waals surface area (Å²) in [6.07, 6.45) is 1.76. The third-order valence-electron chi connectivity index (χ3n) is 3.18. The van der Waals surface area contributed by atoms with Gasteiger partial charge >= 0.3 is 0 Å². The Bertz CT molecular complexity index is 513. The van der Waals surface area contributed by atoms with Crippen molar-refractivity contribution in [3.05, 3.63) is 17.0 Å². The fourth-order valence-electron chi connectivity index (χ4n) is 2.06. The van der Waals surface area contributed by atoms with E-state index in [2.05, 4.69) is 6.92 Å². The summed E-state index contributed by atoms with van der Waals surface area (Å²) in [5.74, 6) is 0.888. The summed E-state index contributed by atoms with van der Waals surface area (Å²) in [4.78, 5) is 1.04. The van der Waals surface area contributed by atoms with E-state index in [9.17, 15) is 8.42 Å². The maximum Gasteiger partial charge on any atom is 0.252 e. The van der Waals surface area contributed by atoms with Crippen molar-refractivity contribution >= 4 is 33.1 Å². The van der Waals surface area contributed by atoms with E-state index in [4.69, 9.17) is 5.73 Å². The molecular weight excluding hydrogens is 300 g/mol. The Balaban J connectivity index is 2.16. The maximum absolute atomic E-state index is 12.6. The Morgan fingerprint density at radius 3 is 2.95 bits per heavy atom. The van der Waals surface area contributed by atoms with Crippen LogP contribution in [0.25, 0.3) is 0 Å². The minimum Gasteiger partial charge on any atom is -0.330 e. The molecule has 108 valence electrons. The van der Waals surface area contributed by atoms with Gasteiger partial charge in [0, 0.05) is 29.0 Å². The summed E-state index contributed by atoms with van der Waals surface area (Å²) < 4.78 is 27.2. The van der Waals surface area contributed by atoms with Gasteiger partial charge < -0.3 is 5.73 Å². The van der Waals surface area contributed by atoms with E-state index in [1.807, 2.05) is 17.8 Å². The van der Waals surface area contributed by atoms with Crippen molar-refractivity contribution in [1.82, 2.24) is 4.31 Å². The first-order chi connectivity index (χ1) is 9.07. The van der Waals surface area contributed by atoms with Gasteiger partial charge in [-0.2, -0.15) is 16.1 Å². The molecule has 1 aliphatic rings. The lowest BCUT2D eigenvalue weighted by molar-refractivity contribution is 0.417. The maximum atomic E-state index is 12.6. The molecule has 1 aliphatic heterocycles. The zero-order chi connectivity index (χ0) is 13.9. The van der Waals surface area contributed by atoms with Crippen molar-refractivity contribution < 1.29 is 8.42 Å². The second-order valence-electron chi connectivity index (χ2n) is 4.52. The molecule has 2 heterocycles. The summed E-state index contributed by atoms with van der Waals surface area (Å²) in [6, 6.07) is 3.59. The van der Waals surface area contributed by atoms with Gasteiger partial charge in [0.1, 0.15) is 4.21 Å². The van der Waals surface area contributed by atoms with Gasteiger partial charge in [0.2, 0.25) is 0 Å². The molecule has 19 heavy (non-hydrogen) atoms. The topological polar surface area (TPSA) is 63.4 Å². The summed E-state index contributed by atoms with van der Waals surface area (Å²) in [6.45, 7) is 3.91. The zero-order valence-electron chi connectivity index (χ0n) is 11.0. The van der Waals surface area contributed by atoms with Crippen molar-refractivity contribution in [2.75, 3.05) is 25.4 Å². The van der Waals surface area contributed by atoms with E-state index < -0.39 is 10.0 Å². The van der Waals surface area contributed by atoms with Gasteiger partial charge in [-0.1, -0.05) is 6.92 Å². The van der Waals surface area contributed by atoms with Gasteiger partial charge in [0.05, 0.1) is 0 Å². The van der Waals surface area contributed by atoms with E-state index in [0.29, 0.717) is 29.1 Å². The number of hydrogen-bond acceptors (Lipinski definition) is 5. The number of hydrogen-bond donors (Lipinski definition) is 1. The van der Waals surface area contributed by atoms with Gasteiger partial charge in [-0.05, 0) is 31.5 Å². The van der Waals surface area contributed by atoms with Crippen molar-refractivity contribution in [3.8, 4) is 0 Å². The van der Waals surface area contributed by atoms with Crippen LogP contribution in [0.3, 0.4) is 0 Å². The lowest BCUT2D eigenvalue weighted by Gasteiger charge is -2.30. The fourth-order valence-corrected chi connectivity index (χ4v) is 6.46. The van der Waals surface area contributed by atoms with Crippen LogP contribution in [0, 0.1) is 0 Å². The van der Waals surface area contributed by atoms with Gasteiger partial charge in [-0.15, -0.1) is 11.3 Å². The quantitative estimate of drug-likeness (QED) is 0.898. The van der Waals surface area contributed by atoms with Crippen LogP contribution in [0.2, 0.25) is 0 Å². The first kappa shape index (κ1) is 15.3. The lowest BCUT2D eigenvalue weighted by atomic mass is 10.3. The van der Waals surface area contributed by atoms with Crippen molar-refractivity contribution in [3.63, 3.8) is 0 Å². The molecule has 7 heteroatoms. The third kappa shape index (κ3) is 3.52. The minimum atomic E-state index is -3.30. The SMILES string of the molecule is CCC1CN(S(=O)(=O)c2ccc(CCN)s2)CCS1. The number of sulfonamides is 1. The first-order valence-electron chi connectivity index (χ1n) is 6.48. The molecule has 1 atom stereocenters. The van der Waals surface area contributed by atoms with Gasteiger partial charge in [-0.3, -0.25) is 0 Å². The molecule has 2 N–H and O–H groups in total. The molecule has 1 fully saturated rings. The van der Waals surface area contributed by atoms with Crippen LogP contribution in [0.1, 0.15) is 18.2 Å². The van der Waals surface area contributed by atoms with E-state index in [-0.39, 0.29) is 0 Å². The predicted octanol–water partition coefficient (Wildman–Crippen LogP) is 1.77. The second-order valence-corrected chi connectivity index (χ2v) is 9.26. The van der Waals surface area contributed by atoms with Crippen molar-refractivity contribution in [2.45, 2.75) is 29.2 Å². The average Bonchev–Trinajstić information content (AvgIpc) is 2.88. The standard InChI is InChI=1S/C12H20N2O2S3/c1-2-10-9-14(7-8-17-10)19(15,16)12-4-3-11(18-12)5-6-13/h3-4,10H,2,5-9,13H2,1H3. The summed E-state index contributed by atoms with van der Waals surface area (Å²) in [5, 5.41) is 0.423. The monoisotopic (exact) mass is 320 g/mol. The second kappa shape index (κ2) is 6.58. The summed E-state index contributed by atoms with van der Waals surface area (Å²) in [5.41, 5.74) is 5.50. The van der Waals surface area contributed by atoms with E-state index in [1.165, 1.54) is 11.3 Å². The molecular formula is C12H20N2O2S3. The number of rotatable bonds is 5. The third-order valence-corrected chi connectivity index (χ3v) is 8.03. The fraction of sp³-hybridized carbons (Fsp3) is 0.667. The zero-order valence-corrected chi connectivity index (χ0v) is 13.5. The molecule has 1 saturated heterocycles. The molecule has 0 bridgehead atoms. The number of thiophene rings is 1. The van der Waals surface area contributed by atoms with Crippen LogP contribution < -0.4 is 5.73 Å². The molecule has 0 radical (unpaired) electrons. The van der Waals surface area contributed by atoms with Crippen LogP contribution in [0.4, 0.5) is 0 Å². The Labute approximate surface area is 123 Å².